The van der Waals surface area contributed by atoms with E-state index in [1.165, 1.54) is 11.0 Å². The lowest BCUT2D eigenvalue weighted by atomic mass is 10.0. The standard InChI is InChI=1S/C10H15N5O3/c1-8-4-2-3-5-14(8)9(16)6-13-7-11-10(12-13)15(17)18/h7-8H,2-6H2,1H3. The molecule has 1 unspecified atom stereocenters. The Labute approximate surface area is 104 Å². The van der Waals surface area contributed by atoms with Gasteiger partial charge in [0, 0.05) is 17.7 Å². The minimum atomic E-state index is -0.676. The monoisotopic (exact) mass is 253 g/mol. The number of aromatic nitrogens is 3. The summed E-state index contributed by atoms with van der Waals surface area (Å²) in [6.45, 7) is 2.77. The number of carbonyl (C=O) groups is 1. The van der Waals surface area contributed by atoms with Gasteiger partial charge in [0.25, 0.3) is 0 Å². The van der Waals surface area contributed by atoms with Crippen LogP contribution in [-0.4, -0.2) is 43.1 Å². The molecule has 1 amide bonds. The molecule has 98 valence electrons. The molecular weight excluding hydrogens is 238 g/mol. The average molecular weight is 253 g/mol. The highest BCUT2D eigenvalue weighted by atomic mass is 16.6. The fraction of sp³-hybridized carbons (Fsp3) is 0.700. The van der Waals surface area contributed by atoms with Crippen LogP contribution in [0.4, 0.5) is 5.95 Å². The normalized spacial score (nSPS) is 19.8. The van der Waals surface area contributed by atoms with Gasteiger partial charge in [-0.15, -0.1) is 0 Å². The minimum absolute atomic E-state index is 0.00514. The zero-order valence-electron chi connectivity index (χ0n) is 10.2. The molecule has 1 aromatic rings. The highest BCUT2D eigenvalue weighted by molar-refractivity contribution is 5.76. The number of nitro groups is 1. The number of hydrogen-bond acceptors (Lipinski definition) is 5. The molecule has 1 fully saturated rings. The molecule has 0 aromatic carbocycles. The van der Waals surface area contributed by atoms with Gasteiger partial charge >= 0.3 is 5.95 Å². The molecular formula is C10H15N5O3. The number of nitrogens with zero attached hydrogens (tertiary/aromatic N) is 5. The second-order valence-corrected chi connectivity index (χ2v) is 4.43. The number of rotatable bonds is 3. The van der Waals surface area contributed by atoms with E-state index in [-0.39, 0.29) is 18.5 Å². The maximum atomic E-state index is 12.0. The van der Waals surface area contributed by atoms with Crippen molar-refractivity contribution < 1.29 is 9.72 Å². The summed E-state index contributed by atoms with van der Waals surface area (Å²) in [5, 5.41) is 14.1. The number of carbonyl (C=O) groups excluding carboxylic acids is 1. The molecule has 0 aliphatic carbocycles. The maximum absolute atomic E-state index is 12.0. The van der Waals surface area contributed by atoms with Gasteiger partial charge in [-0.25, -0.2) is 0 Å². The Bertz CT molecular complexity index is 458. The van der Waals surface area contributed by atoms with Crippen molar-refractivity contribution in [1.82, 2.24) is 19.7 Å². The van der Waals surface area contributed by atoms with Crippen LogP contribution in [0.1, 0.15) is 26.2 Å². The second-order valence-electron chi connectivity index (χ2n) is 4.43. The van der Waals surface area contributed by atoms with Gasteiger partial charge in [-0.05, 0) is 31.1 Å². The van der Waals surface area contributed by atoms with E-state index in [4.69, 9.17) is 0 Å². The molecule has 2 heterocycles. The van der Waals surface area contributed by atoms with Crippen molar-refractivity contribution in [2.45, 2.75) is 38.8 Å². The largest absolute Gasteiger partial charge is 0.490 e. The Morgan fingerprint density at radius 3 is 3.00 bits per heavy atom. The van der Waals surface area contributed by atoms with E-state index >= 15 is 0 Å². The van der Waals surface area contributed by atoms with Gasteiger partial charge in [0.1, 0.15) is 6.54 Å². The Hall–Kier alpha value is -1.99. The zero-order chi connectivity index (χ0) is 13.1. The Morgan fingerprint density at radius 2 is 2.39 bits per heavy atom. The predicted molar refractivity (Wildman–Crippen MR) is 61.7 cm³/mol. The van der Waals surface area contributed by atoms with Crippen molar-refractivity contribution in [2.24, 2.45) is 0 Å². The third-order valence-electron chi connectivity index (χ3n) is 3.11. The van der Waals surface area contributed by atoms with E-state index in [1.807, 2.05) is 6.92 Å². The first-order valence-corrected chi connectivity index (χ1v) is 5.91. The number of likely N-dealkylation sites (tertiary alicyclic amines) is 1. The number of amides is 1. The molecule has 1 aromatic heterocycles. The smallest absolute Gasteiger partial charge is 0.390 e. The SMILES string of the molecule is CC1CCCCN1C(=O)Cn1cnc([N+](=O)[O-])n1. The molecule has 0 radical (unpaired) electrons. The molecule has 1 atom stereocenters. The molecule has 1 aliphatic rings. The van der Waals surface area contributed by atoms with Crippen LogP contribution in [0.5, 0.6) is 0 Å². The van der Waals surface area contributed by atoms with Crippen LogP contribution in [0.2, 0.25) is 0 Å². The van der Waals surface area contributed by atoms with E-state index in [0.29, 0.717) is 0 Å². The molecule has 1 aliphatic heterocycles. The summed E-state index contributed by atoms with van der Waals surface area (Å²) in [5.41, 5.74) is 0. The van der Waals surface area contributed by atoms with Crippen LogP contribution in [0.15, 0.2) is 6.33 Å². The summed E-state index contributed by atoms with van der Waals surface area (Å²) < 4.78 is 1.21. The van der Waals surface area contributed by atoms with Crippen molar-refractivity contribution in [3.63, 3.8) is 0 Å². The van der Waals surface area contributed by atoms with Crippen LogP contribution in [0.25, 0.3) is 0 Å². The summed E-state index contributed by atoms with van der Waals surface area (Å²) in [5.74, 6) is -0.545. The highest BCUT2D eigenvalue weighted by Gasteiger charge is 2.24. The lowest BCUT2D eigenvalue weighted by molar-refractivity contribution is -0.394. The van der Waals surface area contributed by atoms with E-state index in [1.54, 1.807) is 4.90 Å². The quantitative estimate of drug-likeness (QED) is 0.580. The Morgan fingerprint density at radius 1 is 1.61 bits per heavy atom. The van der Waals surface area contributed by atoms with Crippen LogP contribution in [-0.2, 0) is 11.3 Å². The first-order valence-electron chi connectivity index (χ1n) is 5.91. The van der Waals surface area contributed by atoms with Gasteiger partial charge in [0.2, 0.25) is 12.2 Å². The van der Waals surface area contributed by atoms with Gasteiger partial charge in [0.05, 0.1) is 0 Å². The van der Waals surface area contributed by atoms with E-state index in [0.717, 1.165) is 25.8 Å². The minimum Gasteiger partial charge on any atom is -0.390 e. The molecule has 0 N–H and O–H groups in total. The molecule has 0 bridgehead atoms. The van der Waals surface area contributed by atoms with E-state index < -0.39 is 10.9 Å². The summed E-state index contributed by atoms with van der Waals surface area (Å²) in [6.07, 6.45) is 4.36. The van der Waals surface area contributed by atoms with Crippen molar-refractivity contribution in [3.8, 4) is 0 Å². The highest BCUT2D eigenvalue weighted by Crippen LogP contribution is 2.16. The molecule has 8 heteroatoms. The van der Waals surface area contributed by atoms with Crippen molar-refractivity contribution >= 4 is 11.9 Å². The number of piperidine rings is 1. The molecule has 8 nitrogen and oxygen atoms in total. The van der Waals surface area contributed by atoms with Crippen molar-refractivity contribution in [2.75, 3.05) is 6.54 Å². The Balaban J connectivity index is 1.99. The van der Waals surface area contributed by atoms with Gasteiger partial charge in [-0.2, -0.15) is 4.68 Å². The van der Waals surface area contributed by atoms with Crippen LogP contribution in [0, 0.1) is 10.1 Å². The van der Waals surface area contributed by atoms with Gasteiger partial charge in [-0.1, -0.05) is 4.98 Å². The fourth-order valence-corrected chi connectivity index (χ4v) is 2.14. The summed E-state index contributed by atoms with van der Waals surface area (Å²) in [7, 11) is 0. The van der Waals surface area contributed by atoms with Crippen molar-refractivity contribution in [3.05, 3.63) is 16.4 Å². The molecule has 0 spiro atoms. The molecule has 1 saturated heterocycles. The van der Waals surface area contributed by atoms with E-state index in [2.05, 4.69) is 10.1 Å². The summed E-state index contributed by atoms with van der Waals surface area (Å²) in [4.78, 5) is 27.1. The topological polar surface area (TPSA) is 94.2 Å². The van der Waals surface area contributed by atoms with Crippen LogP contribution < -0.4 is 0 Å². The fourth-order valence-electron chi connectivity index (χ4n) is 2.14. The third-order valence-corrected chi connectivity index (χ3v) is 3.11. The third kappa shape index (κ3) is 2.63. The maximum Gasteiger partial charge on any atom is 0.490 e. The van der Waals surface area contributed by atoms with Crippen LogP contribution >= 0.6 is 0 Å². The first-order chi connectivity index (χ1) is 8.58. The first kappa shape index (κ1) is 12.5. The average Bonchev–Trinajstić information content (AvgIpc) is 2.78. The lowest BCUT2D eigenvalue weighted by Gasteiger charge is -2.33. The zero-order valence-corrected chi connectivity index (χ0v) is 10.2. The molecule has 18 heavy (non-hydrogen) atoms. The Kier molecular flexibility index (Phi) is 3.54. The van der Waals surface area contributed by atoms with Gasteiger partial charge < -0.3 is 15.0 Å². The predicted octanol–water partition coefficient (Wildman–Crippen LogP) is 0.587. The molecule has 2 rings (SSSR count). The van der Waals surface area contributed by atoms with E-state index in [9.17, 15) is 14.9 Å². The number of hydrogen-bond donors (Lipinski definition) is 0. The summed E-state index contributed by atoms with van der Waals surface area (Å²) in [6, 6.07) is 0.227. The summed E-state index contributed by atoms with van der Waals surface area (Å²) >= 11 is 0. The second kappa shape index (κ2) is 5.11. The lowest BCUT2D eigenvalue weighted by Crippen LogP contribution is -2.43. The van der Waals surface area contributed by atoms with Gasteiger partial charge in [-0.3, -0.25) is 4.79 Å². The molecule has 0 saturated carbocycles. The van der Waals surface area contributed by atoms with Crippen molar-refractivity contribution in [1.29, 1.82) is 0 Å². The van der Waals surface area contributed by atoms with Crippen LogP contribution in [0.3, 0.4) is 0 Å². The van der Waals surface area contributed by atoms with Gasteiger partial charge in [0.15, 0.2) is 0 Å².